The van der Waals surface area contributed by atoms with Gasteiger partial charge in [0.2, 0.25) is 0 Å². The van der Waals surface area contributed by atoms with Crippen LogP contribution in [0.4, 0.5) is 0 Å². The molecule has 11 rings (SSSR count). The van der Waals surface area contributed by atoms with Crippen LogP contribution in [0.15, 0.2) is 194 Å². The molecule has 4 heteroatoms. The highest BCUT2D eigenvalue weighted by atomic mass is 16.5. The molecule has 10 aromatic carbocycles. The van der Waals surface area contributed by atoms with Crippen molar-refractivity contribution in [1.29, 1.82) is 0 Å². The maximum absolute atomic E-state index is 9.67. The van der Waals surface area contributed by atoms with Crippen molar-refractivity contribution in [3.8, 4) is 44.9 Å². The first-order chi connectivity index (χ1) is 30.2. The molecule has 1 aliphatic rings. The lowest BCUT2D eigenvalue weighted by atomic mass is 9.64. The molecular weight excluding hydrogens is 749 g/mol. The van der Waals surface area contributed by atoms with Gasteiger partial charge in [-0.2, -0.15) is 0 Å². The maximum Gasteiger partial charge on any atom is 0.119 e. The van der Waals surface area contributed by atoms with E-state index in [1.807, 2.05) is 24.3 Å². The van der Waals surface area contributed by atoms with Gasteiger partial charge in [-0.3, -0.25) is 0 Å². The molecular formula is C57H42O4. The molecule has 0 saturated heterocycles. The van der Waals surface area contributed by atoms with Crippen LogP contribution in [0.25, 0.3) is 76.5 Å². The molecule has 0 heterocycles. The summed E-state index contributed by atoms with van der Waals surface area (Å²) in [6, 6.07) is 70.2. The summed E-state index contributed by atoms with van der Waals surface area (Å²) in [7, 11) is 0. The third kappa shape index (κ3) is 5.83. The number of ether oxygens (including phenoxy) is 2. The van der Waals surface area contributed by atoms with Crippen LogP contribution in [0, 0.1) is 0 Å². The first-order valence-electron chi connectivity index (χ1n) is 21.0. The van der Waals surface area contributed by atoms with Gasteiger partial charge < -0.3 is 19.7 Å². The molecule has 0 amide bonds. The average molecular weight is 791 g/mol. The molecule has 4 nitrogen and oxygen atoms in total. The van der Waals surface area contributed by atoms with E-state index in [2.05, 4.69) is 170 Å². The normalized spacial score (nSPS) is 12.8. The van der Waals surface area contributed by atoms with Gasteiger partial charge in [-0.15, -0.1) is 0 Å². The van der Waals surface area contributed by atoms with Gasteiger partial charge in [-0.1, -0.05) is 158 Å². The monoisotopic (exact) mass is 790 g/mol. The fraction of sp³-hybridized carbons (Fsp3) is 0.0877. The van der Waals surface area contributed by atoms with Crippen LogP contribution in [0.2, 0.25) is 0 Å². The van der Waals surface area contributed by atoms with Crippen molar-refractivity contribution in [2.75, 3.05) is 26.4 Å². The van der Waals surface area contributed by atoms with Crippen molar-refractivity contribution in [1.82, 2.24) is 0 Å². The molecule has 0 radical (unpaired) electrons. The van der Waals surface area contributed by atoms with Gasteiger partial charge in [-0.05, 0) is 135 Å². The highest BCUT2D eigenvalue weighted by Crippen LogP contribution is 2.62. The summed E-state index contributed by atoms with van der Waals surface area (Å²) in [5.74, 6) is 1.39. The van der Waals surface area contributed by atoms with Crippen molar-refractivity contribution in [3.63, 3.8) is 0 Å². The Kier molecular flexibility index (Phi) is 9.11. The van der Waals surface area contributed by atoms with Crippen LogP contribution in [0.5, 0.6) is 11.5 Å². The summed E-state index contributed by atoms with van der Waals surface area (Å²) in [6.07, 6.45) is 0. The minimum atomic E-state index is -0.862. The van der Waals surface area contributed by atoms with E-state index in [0.717, 1.165) is 22.3 Å². The average Bonchev–Trinajstić information content (AvgIpc) is 3.63. The number of rotatable bonds is 10. The molecule has 0 saturated carbocycles. The second-order valence-electron chi connectivity index (χ2n) is 15.8. The summed E-state index contributed by atoms with van der Waals surface area (Å²) in [5.41, 5.74) is 10.8. The van der Waals surface area contributed by atoms with E-state index in [9.17, 15) is 10.2 Å². The lowest BCUT2D eigenvalue weighted by Gasteiger charge is -2.37. The molecule has 0 aliphatic heterocycles. The van der Waals surface area contributed by atoms with E-state index in [0.29, 0.717) is 11.5 Å². The second kappa shape index (κ2) is 15.1. The van der Waals surface area contributed by atoms with E-state index in [1.54, 1.807) is 0 Å². The largest absolute Gasteiger partial charge is 0.491 e. The lowest BCUT2D eigenvalue weighted by molar-refractivity contribution is 0.201. The molecule has 0 unspecified atom stereocenters. The van der Waals surface area contributed by atoms with Gasteiger partial charge in [0.25, 0.3) is 0 Å². The number of benzene rings is 10. The Balaban J connectivity index is 1.33. The Bertz CT molecular complexity index is 2950. The zero-order chi connectivity index (χ0) is 40.9. The molecule has 1 aliphatic carbocycles. The standard InChI is InChI=1S/C57H42O4/c58-31-33-60-43-27-23-41(24-28-43)57(42-25-29-44(30-26-42)61-34-32-59)55-49(19-9-21-51(55)53-45-15-5-1-11-37(45)35-38-12-2-6-16-46(38)53)50-20-10-22-52(56(50)57)54-47-17-7-3-13-39(47)36-40-14-4-8-18-48(40)54/h1-30,35-36,58-59H,31-34H2. The highest BCUT2D eigenvalue weighted by Gasteiger charge is 2.49. The molecule has 294 valence electrons. The fourth-order valence-electron chi connectivity index (χ4n) is 10.2. The Labute approximate surface area is 354 Å². The van der Waals surface area contributed by atoms with Gasteiger partial charge in [-0.25, -0.2) is 0 Å². The molecule has 61 heavy (non-hydrogen) atoms. The van der Waals surface area contributed by atoms with Crippen LogP contribution in [0.3, 0.4) is 0 Å². The molecule has 0 bridgehead atoms. The van der Waals surface area contributed by atoms with Gasteiger partial charge in [0.1, 0.15) is 24.7 Å². The van der Waals surface area contributed by atoms with Crippen molar-refractivity contribution < 1.29 is 19.7 Å². The topological polar surface area (TPSA) is 58.9 Å². The third-order valence-electron chi connectivity index (χ3n) is 12.5. The van der Waals surface area contributed by atoms with E-state index in [-0.39, 0.29) is 26.4 Å². The summed E-state index contributed by atoms with van der Waals surface area (Å²) < 4.78 is 12.0. The maximum atomic E-state index is 9.67. The van der Waals surface area contributed by atoms with Gasteiger partial charge in [0.05, 0.1) is 18.6 Å². The minimum absolute atomic E-state index is 0.0676. The molecule has 0 atom stereocenters. The van der Waals surface area contributed by atoms with Gasteiger partial charge in [0, 0.05) is 0 Å². The predicted molar refractivity (Wildman–Crippen MR) is 250 cm³/mol. The first-order valence-corrected chi connectivity index (χ1v) is 21.0. The van der Waals surface area contributed by atoms with Crippen LogP contribution < -0.4 is 9.47 Å². The van der Waals surface area contributed by atoms with Gasteiger partial charge in [0.15, 0.2) is 0 Å². The summed E-state index contributed by atoms with van der Waals surface area (Å²) in [6.45, 7) is 0.286. The summed E-state index contributed by atoms with van der Waals surface area (Å²) in [5, 5.41) is 28.9. The van der Waals surface area contributed by atoms with E-state index >= 15 is 0 Å². The second-order valence-corrected chi connectivity index (χ2v) is 15.8. The minimum Gasteiger partial charge on any atom is -0.491 e. The van der Waals surface area contributed by atoms with Gasteiger partial charge >= 0.3 is 0 Å². The third-order valence-corrected chi connectivity index (χ3v) is 12.5. The Morgan fingerprint density at radius 2 is 0.672 bits per heavy atom. The van der Waals surface area contributed by atoms with Crippen molar-refractivity contribution in [2.45, 2.75) is 5.41 Å². The zero-order valence-electron chi connectivity index (χ0n) is 33.5. The molecule has 0 spiro atoms. The highest BCUT2D eigenvalue weighted by molar-refractivity contribution is 6.17. The van der Waals surface area contributed by atoms with Crippen LogP contribution in [-0.2, 0) is 5.41 Å². The van der Waals surface area contributed by atoms with E-state index < -0.39 is 5.41 Å². The van der Waals surface area contributed by atoms with E-state index in [4.69, 9.17) is 9.47 Å². The van der Waals surface area contributed by atoms with Crippen LogP contribution in [-0.4, -0.2) is 36.6 Å². The van der Waals surface area contributed by atoms with Crippen LogP contribution >= 0.6 is 0 Å². The van der Waals surface area contributed by atoms with E-state index in [1.165, 1.54) is 76.5 Å². The predicted octanol–water partition coefficient (Wildman–Crippen LogP) is 12.7. The number of fused-ring (bicyclic) bond motifs is 7. The van der Waals surface area contributed by atoms with Crippen molar-refractivity contribution in [2.24, 2.45) is 0 Å². The zero-order valence-corrected chi connectivity index (χ0v) is 33.5. The number of hydrogen-bond donors (Lipinski definition) is 2. The molecule has 2 N–H and O–H groups in total. The van der Waals surface area contributed by atoms with Crippen molar-refractivity contribution in [3.05, 3.63) is 216 Å². The lowest BCUT2D eigenvalue weighted by Crippen LogP contribution is -2.30. The van der Waals surface area contributed by atoms with Crippen molar-refractivity contribution >= 4 is 43.1 Å². The molecule has 0 fully saturated rings. The number of hydrogen-bond acceptors (Lipinski definition) is 4. The fourth-order valence-corrected chi connectivity index (χ4v) is 10.2. The Morgan fingerprint density at radius 3 is 1.02 bits per heavy atom. The quantitative estimate of drug-likeness (QED) is 0.135. The van der Waals surface area contributed by atoms with Crippen LogP contribution in [0.1, 0.15) is 22.3 Å². The smallest absolute Gasteiger partial charge is 0.119 e. The first kappa shape index (κ1) is 36.8. The number of aliphatic hydroxyl groups is 2. The molecule has 10 aromatic rings. The Hall–Kier alpha value is -7.24. The SMILES string of the molecule is OCCOc1ccc(C2(c3ccc(OCCO)cc3)c3c(cccc3-c3c4ccccc4cc4ccccc34)-c3cccc(-c4c5ccccc5cc5ccccc45)c32)cc1. The summed E-state index contributed by atoms with van der Waals surface area (Å²) >= 11 is 0. The number of aliphatic hydroxyl groups excluding tert-OH is 2. The molecule has 0 aromatic heterocycles. The summed E-state index contributed by atoms with van der Waals surface area (Å²) in [4.78, 5) is 0. The Morgan fingerprint density at radius 1 is 0.344 bits per heavy atom.